The lowest BCUT2D eigenvalue weighted by molar-refractivity contribution is -0.120. The molecule has 0 saturated carbocycles. The molecular formula is C28H27FN4O4S2. The molecule has 39 heavy (non-hydrogen) atoms. The number of benzene rings is 3. The number of fused-ring (bicyclic) bond motifs is 1. The minimum absolute atomic E-state index is 0.0499. The van der Waals surface area contributed by atoms with Gasteiger partial charge < -0.3 is 9.32 Å². The van der Waals surface area contributed by atoms with Gasteiger partial charge in [0.1, 0.15) is 10.6 Å². The van der Waals surface area contributed by atoms with Gasteiger partial charge in [0.05, 0.1) is 11.3 Å². The monoisotopic (exact) mass is 566 g/mol. The van der Waals surface area contributed by atoms with Gasteiger partial charge in [0.25, 0.3) is 5.22 Å². The van der Waals surface area contributed by atoms with E-state index in [2.05, 4.69) is 14.9 Å². The highest BCUT2D eigenvalue weighted by atomic mass is 32.2. The van der Waals surface area contributed by atoms with E-state index < -0.39 is 31.2 Å². The Morgan fingerprint density at radius 1 is 1.00 bits per heavy atom. The van der Waals surface area contributed by atoms with Crippen molar-refractivity contribution in [3.05, 3.63) is 95.8 Å². The molecule has 11 heteroatoms. The van der Waals surface area contributed by atoms with Crippen LogP contribution < -0.4 is 9.62 Å². The molecule has 1 aliphatic rings. The first kappa shape index (κ1) is 27.0. The summed E-state index contributed by atoms with van der Waals surface area (Å²) in [6, 6.07) is 22.6. The fraction of sp³-hybridized carbons (Fsp3) is 0.250. The van der Waals surface area contributed by atoms with E-state index in [1.807, 2.05) is 60.7 Å². The molecule has 0 bridgehead atoms. The van der Waals surface area contributed by atoms with Crippen molar-refractivity contribution in [3.8, 4) is 11.5 Å². The summed E-state index contributed by atoms with van der Waals surface area (Å²) in [5.74, 6) is -0.732. The predicted molar refractivity (Wildman–Crippen MR) is 148 cm³/mol. The second kappa shape index (κ2) is 10.2. The van der Waals surface area contributed by atoms with Gasteiger partial charge in [-0.3, -0.25) is 4.79 Å². The molecule has 1 N–H and O–H groups in total. The van der Waals surface area contributed by atoms with Crippen molar-refractivity contribution < 1.29 is 22.0 Å². The van der Waals surface area contributed by atoms with Crippen molar-refractivity contribution in [2.45, 2.75) is 42.0 Å². The van der Waals surface area contributed by atoms with Crippen molar-refractivity contribution in [1.82, 2.24) is 14.9 Å². The van der Waals surface area contributed by atoms with E-state index >= 15 is 0 Å². The maximum Gasteiger partial charge on any atom is 0.278 e. The first-order valence-corrected chi connectivity index (χ1v) is 14.5. The highest BCUT2D eigenvalue weighted by molar-refractivity contribution is 8.01. The fourth-order valence-corrected chi connectivity index (χ4v) is 6.30. The Kier molecular flexibility index (Phi) is 7.08. The van der Waals surface area contributed by atoms with Crippen LogP contribution in [0.25, 0.3) is 11.5 Å². The molecule has 0 saturated heterocycles. The zero-order chi connectivity index (χ0) is 27.8. The zero-order valence-corrected chi connectivity index (χ0v) is 23.2. The number of carbonyl (C=O) groups excluding carboxylic acids is 1. The second-order valence-electron chi connectivity index (χ2n) is 10.1. The highest BCUT2D eigenvalue weighted by Gasteiger charge is 2.54. The number of thioether (sulfide) groups is 1. The first-order chi connectivity index (χ1) is 18.5. The van der Waals surface area contributed by atoms with Gasteiger partial charge in [-0.1, -0.05) is 48.5 Å². The average molecular weight is 567 g/mol. The van der Waals surface area contributed by atoms with Crippen molar-refractivity contribution in [1.29, 1.82) is 0 Å². The van der Waals surface area contributed by atoms with Crippen LogP contribution in [0.15, 0.2) is 88.5 Å². The Balaban J connectivity index is 1.60. The maximum atomic E-state index is 14.7. The fourth-order valence-electron chi connectivity index (χ4n) is 4.25. The number of amides is 1. The van der Waals surface area contributed by atoms with Gasteiger partial charge in [0.2, 0.25) is 21.8 Å². The number of carbonyl (C=O) groups is 1. The van der Waals surface area contributed by atoms with Crippen LogP contribution in [0.3, 0.4) is 0 Å². The van der Waals surface area contributed by atoms with E-state index in [-0.39, 0.29) is 24.2 Å². The van der Waals surface area contributed by atoms with Crippen LogP contribution in [-0.4, -0.2) is 35.8 Å². The van der Waals surface area contributed by atoms with E-state index in [1.165, 1.54) is 23.1 Å². The highest BCUT2D eigenvalue weighted by Crippen LogP contribution is 2.52. The number of nitrogens with one attached hydrogen (secondary N) is 1. The van der Waals surface area contributed by atoms with Crippen molar-refractivity contribution >= 4 is 33.4 Å². The number of hydrogen-bond donors (Lipinski definition) is 1. The van der Waals surface area contributed by atoms with Crippen molar-refractivity contribution in [3.63, 3.8) is 0 Å². The molecule has 4 aromatic rings. The van der Waals surface area contributed by atoms with Crippen molar-refractivity contribution in [2.24, 2.45) is 0 Å². The Morgan fingerprint density at radius 3 is 2.33 bits per heavy atom. The quantitative estimate of drug-likeness (QED) is 0.315. The second-order valence-corrected chi connectivity index (χ2v) is 13.9. The van der Waals surface area contributed by atoms with Crippen LogP contribution in [0, 0.1) is 5.82 Å². The molecule has 8 nitrogen and oxygen atoms in total. The number of aromatic nitrogens is 2. The molecule has 5 rings (SSSR count). The summed E-state index contributed by atoms with van der Waals surface area (Å²) in [4.78, 5) is 15.8. The Labute approximate surface area is 230 Å². The van der Waals surface area contributed by atoms with Crippen LogP contribution in [0.1, 0.15) is 31.9 Å². The summed E-state index contributed by atoms with van der Waals surface area (Å²) in [7, 11) is -3.86. The van der Waals surface area contributed by atoms with Crippen LogP contribution in [0.2, 0.25) is 0 Å². The van der Waals surface area contributed by atoms with Gasteiger partial charge in [0.15, 0.2) is 0 Å². The minimum atomic E-state index is -3.86. The largest absolute Gasteiger partial charge is 0.411 e. The summed E-state index contributed by atoms with van der Waals surface area (Å²) in [6.07, 6.45) is 0. The lowest BCUT2D eigenvalue weighted by Crippen LogP contribution is -2.49. The van der Waals surface area contributed by atoms with Crippen molar-refractivity contribution in [2.75, 3.05) is 11.4 Å². The standard InChI is InChI=1S/C28H27FN4O4S2/c1-27(2,3)39(35,36)30-18-28(38-26-32-31-24(37-26)20-12-8-5-9-13-20)22-16-21(29)14-15-23(22)33(25(28)34)17-19-10-6-4-7-11-19/h4-16,30H,17-18H2,1-3H3. The van der Waals surface area contributed by atoms with Gasteiger partial charge in [-0.05, 0) is 68.4 Å². The molecule has 0 aliphatic carbocycles. The number of nitrogens with zero attached hydrogens (tertiary/aromatic N) is 3. The summed E-state index contributed by atoms with van der Waals surface area (Å²) < 4.78 is 46.6. The molecule has 1 amide bonds. The van der Waals surface area contributed by atoms with E-state index in [4.69, 9.17) is 4.42 Å². The normalized spacial score (nSPS) is 17.4. The lowest BCUT2D eigenvalue weighted by atomic mass is 10.00. The third-order valence-corrected chi connectivity index (χ3v) is 9.83. The molecule has 0 fully saturated rings. The van der Waals surface area contributed by atoms with Gasteiger partial charge in [0, 0.05) is 23.4 Å². The molecule has 1 atom stereocenters. The van der Waals surface area contributed by atoms with Crippen LogP contribution in [0.4, 0.5) is 10.1 Å². The molecule has 1 aromatic heterocycles. The number of halogens is 1. The average Bonchev–Trinajstić information content (AvgIpc) is 3.46. The molecule has 202 valence electrons. The summed E-state index contributed by atoms with van der Waals surface area (Å²) >= 11 is 0.914. The zero-order valence-electron chi connectivity index (χ0n) is 21.6. The van der Waals surface area contributed by atoms with Gasteiger partial charge in [-0.2, -0.15) is 0 Å². The van der Waals surface area contributed by atoms with Crippen LogP contribution in [-0.2, 0) is 26.1 Å². The Bertz CT molecular complexity index is 1610. The summed E-state index contributed by atoms with van der Waals surface area (Å²) in [5.41, 5.74) is 2.36. The lowest BCUT2D eigenvalue weighted by Gasteiger charge is -2.29. The Morgan fingerprint density at radius 2 is 1.67 bits per heavy atom. The number of hydrogen-bond acceptors (Lipinski definition) is 7. The van der Waals surface area contributed by atoms with E-state index in [0.717, 1.165) is 17.3 Å². The number of sulfonamides is 1. The van der Waals surface area contributed by atoms with E-state index in [9.17, 15) is 17.6 Å². The summed E-state index contributed by atoms with van der Waals surface area (Å²) in [6.45, 7) is 4.55. The van der Waals surface area contributed by atoms with Gasteiger partial charge in [-0.15, -0.1) is 10.2 Å². The molecule has 3 aromatic carbocycles. The maximum absolute atomic E-state index is 14.7. The molecule has 0 spiro atoms. The van der Waals surface area contributed by atoms with E-state index in [1.54, 1.807) is 20.8 Å². The molecule has 1 aliphatic heterocycles. The van der Waals surface area contributed by atoms with E-state index in [0.29, 0.717) is 16.8 Å². The van der Waals surface area contributed by atoms with Crippen LogP contribution >= 0.6 is 11.8 Å². The van der Waals surface area contributed by atoms with Gasteiger partial charge in [-0.25, -0.2) is 17.5 Å². The molecule has 1 unspecified atom stereocenters. The van der Waals surface area contributed by atoms with Crippen LogP contribution in [0.5, 0.6) is 0 Å². The molecule has 2 heterocycles. The molecule has 0 radical (unpaired) electrons. The topological polar surface area (TPSA) is 105 Å². The third-order valence-electron chi connectivity index (χ3n) is 6.46. The minimum Gasteiger partial charge on any atom is -0.411 e. The number of anilines is 1. The van der Waals surface area contributed by atoms with Gasteiger partial charge >= 0.3 is 0 Å². The predicted octanol–water partition coefficient (Wildman–Crippen LogP) is 5.13. The number of rotatable bonds is 8. The molecular weight excluding hydrogens is 539 g/mol. The summed E-state index contributed by atoms with van der Waals surface area (Å²) in [5, 5.41) is 8.31. The third kappa shape index (κ3) is 5.21. The smallest absolute Gasteiger partial charge is 0.278 e. The first-order valence-electron chi connectivity index (χ1n) is 12.2. The SMILES string of the molecule is CC(C)(C)S(=O)(=O)NCC1(Sc2nnc(-c3ccccc3)o2)C(=O)N(Cc2ccccc2)c2ccc(F)cc21. The Hall–Kier alpha value is -3.54.